The quantitative estimate of drug-likeness (QED) is 0.416. The smallest absolute Gasteiger partial charge is 0.0707 e. The predicted octanol–water partition coefficient (Wildman–Crippen LogP) is 5.54. The minimum Gasteiger partial charge on any atom is -0.339 e. The first-order valence-electron chi connectivity index (χ1n) is 11.0. The molecule has 3 rings (SSSR count). The molecule has 5 heteroatoms. The Balaban J connectivity index is 0.00000300. The number of aryl methyl sites for hydroxylation is 2. The van der Waals surface area contributed by atoms with Gasteiger partial charge in [-0.3, -0.25) is 4.98 Å². The molecular weight excluding hydrogens is 380 g/mol. The van der Waals surface area contributed by atoms with Crippen molar-refractivity contribution in [3.05, 3.63) is 41.7 Å². The van der Waals surface area contributed by atoms with Gasteiger partial charge >= 0.3 is 0 Å². The van der Waals surface area contributed by atoms with Crippen LogP contribution < -0.4 is 5.32 Å². The van der Waals surface area contributed by atoms with Gasteiger partial charge in [0.1, 0.15) is 0 Å². The number of pyridine rings is 1. The summed E-state index contributed by atoms with van der Waals surface area (Å²) in [6, 6.07) is 11.1. The lowest BCUT2D eigenvalue weighted by Crippen LogP contribution is -2.27. The first-order chi connectivity index (χ1) is 13.7. The van der Waals surface area contributed by atoms with Crippen LogP contribution in [0.5, 0.6) is 0 Å². The number of benzene rings is 1. The maximum Gasteiger partial charge on any atom is 0.0707 e. The van der Waals surface area contributed by atoms with E-state index in [0.29, 0.717) is 0 Å². The lowest BCUT2D eigenvalue weighted by molar-refractivity contribution is 0.298. The number of fused-ring (bicyclic) bond motifs is 3. The molecule has 0 aliphatic heterocycles. The fraction of sp³-hybridized carbons (Fsp3) is 0.542. The summed E-state index contributed by atoms with van der Waals surface area (Å²) in [5.74, 6) is 0. The van der Waals surface area contributed by atoms with Crippen LogP contribution in [0, 0.1) is 6.92 Å². The molecule has 0 fully saturated rings. The van der Waals surface area contributed by atoms with Gasteiger partial charge < -0.3 is 14.8 Å². The monoisotopic (exact) mass is 416 g/mol. The SMILES string of the molecule is CCCCn1c2ccccc2c2cc(CNCCCN(CC)CC)nc(C)c21.Cl. The van der Waals surface area contributed by atoms with Crippen LogP contribution in [-0.4, -0.2) is 40.6 Å². The summed E-state index contributed by atoms with van der Waals surface area (Å²) in [5.41, 5.74) is 4.93. The molecule has 160 valence electrons. The predicted molar refractivity (Wildman–Crippen MR) is 128 cm³/mol. The Bertz CT molecular complexity index is 899. The largest absolute Gasteiger partial charge is 0.339 e. The minimum absolute atomic E-state index is 0. The highest BCUT2D eigenvalue weighted by Gasteiger charge is 2.14. The molecule has 1 N–H and O–H groups in total. The molecule has 0 radical (unpaired) electrons. The molecule has 0 aliphatic rings. The van der Waals surface area contributed by atoms with Gasteiger partial charge in [0.25, 0.3) is 0 Å². The maximum absolute atomic E-state index is 4.94. The Hall–Kier alpha value is -1.62. The van der Waals surface area contributed by atoms with Crippen LogP contribution in [0.25, 0.3) is 21.8 Å². The Labute approximate surface area is 182 Å². The van der Waals surface area contributed by atoms with E-state index >= 15 is 0 Å². The number of hydrogen-bond acceptors (Lipinski definition) is 3. The molecule has 0 amide bonds. The highest BCUT2D eigenvalue weighted by Crippen LogP contribution is 2.31. The molecule has 0 spiro atoms. The van der Waals surface area contributed by atoms with Crippen molar-refractivity contribution in [1.82, 2.24) is 19.8 Å². The molecular formula is C24H37ClN4. The lowest BCUT2D eigenvalue weighted by Gasteiger charge is -2.17. The first kappa shape index (κ1) is 23.7. The third-order valence-corrected chi connectivity index (χ3v) is 5.74. The molecule has 0 bridgehead atoms. The van der Waals surface area contributed by atoms with Gasteiger partial charge in [-0.25, -0.2) is 0 Å². The van der Waals surface area contributed by atoms with E-state index in [1.54, 1.807) is 0 Å². The summed E-state index contributed by atoms with van der Waals surface area (Å²) in [6.45, 7) is 15.2. The second-order valence-corrected chi connectivity index (χ2v) is 7.67. The van der Waals surface area contributed by atoms with E-state index in [4.69, 9.17) is 4.98 Å². The Kier molecular flexibility index (Phi) is 9.41. The van der Waals surface area contributed by atoms with Crippen LogP contribution in [-0.2, 0) is 13.1 Å². The van der Waals surface area contributed by atoms with Gasteiger partial charge in [0.2, 0.25) is 0 Å². The molecule has 3 aromatic rings. The molecule has 0 unspecified atom stereocenters. The number of hydrogen-bond donors (Lipinski definition) is 1. The molecule has 0 saturated carbocycles. The number of rotatable bonds is 11. The van der Waals surface area contributed by atoms with Crippen molar-refractivity contribution in [3.8, 4) is 0 Å². The van der Waals surface area contributed by atoms with Crippen LogP contribution in [0.1, 0.15) is 51.4 Å². The Morgan fingerprint density at radius 1 is 1.03 bits per heavy atom. The number of para-hydroxylation sites is 1. The number of unbranched alkanes of at least 4 members (excludes halogenated alkanes) is 1. The average Bonchev–Trinajstić information content (AvgIpc) is 3.03. The van der Waals surface area contributed by atoms with Crippen LogP contribution in [0.2, 0.25) is 0 Å². The molecule has 1 aromatic carbocycles. The third-order valence-electron chi connectivity index (χ3n) is 5.74. The summed E-state index contributed by atoms with van der Waals surface area (Å²) in [6.07, 6.45) is 3.58. The van der Waals surface area contributed by atoms with Gasteiger partial charge in [-0.1, -0.05) is 45.4 Å². The Morgan fingerprint density at radius 3 is 2.52 bits per heavy atom. The van der Waals surface area contributed by atoms with Gasteiger partial charge in [-0.15, -0.1) is 12.4 Å². The van der Waals surface area contributed by atoms with E-state index in [9.17, 15) is 0 Å². The summed E-state index contributed by atoms with van der Waals surface area (Å²) in [5, 5.41) is 6.29. The van der Waals surface area contributed by atoms with Crippen LogP contribution in [0.15, 0.2) is 30.3 Å². The normalized spacial score (nSPS) is 11.5. The van der Waals surface area contributed by atoms with Crippen molar-refractivity contribution >= 4 is 34.2 Å². The lowest BCUT2D eigenvalue weighted by atomic mass is 10.1. The van der Waals surface area contributed by atoms with E-state index in [2.05, 4.69) is 72.8 Å². The van der Waals surface area contributed by atoms with Gasteiger partial charge in [0.05, 0.1) is 16.9 Å². The van der Waals surface area contributed by atoms with Gasteiger partial charge in [-0.2, -0.15) is 0 Å². The van der Waals surface area contributed by atoms with Crippen molar-refractivity contribution in [2.75, 3.05) is 26.2 Å². The third kappa shape index (κ3) is 5.50. The zero-order chi connectivity index (χ0) is 19.9. The zero-order valence-corrected chi connectivity index (χ0v) is 19.3. The second-order valence-electron chi connectivity index (χ2n) is 7.67. The molecule has 29 heavy (non-hydrogen) atoms. The van der Waals surface area contributed by atoms with Crippen molar-refractivity contribution in [3.63, 3.8) is 0 Å². The highest BCUT2D eigenvalue weighted by molar-refractivity contribution is 6.08. The van der Waals surface area contributed by atoms with Gasteiger partial charge in [-0.05, 0) is 58.1 Å². The van der Waals surface area contributed by atoms with Crippen LogP contribution >= 0.6 is 12.4 Å². The van der Waals surface area contributed by atoms with Crippen LogP contribution in [0.4, 0.5) is 0 Å². The van der Waals surface area contributed by atoms with Gasteiger partial charge in [0.15, 0.2) is 0 Å². The van der Waals surface area contributed by atoms with Crippen molar-refractivity contribution in [2.24, 2.45) is 0 Å². The number of aromatic nitrogens is 2. The maximum atomic E-state index is 4.94. The number of nitrogens with zero attached hydrogens (tertiary/aromatic N) is 3. The molecule has 0 atom stereocenters. The molecule has 4 nitrogen and oxygen atoms in total. The number of nitrogens with one attached hydrogen (secondary N) is 1. The second kappa shape index (κ2) is 11.5. The van der Waals surface area contributed by atoms with E-state index in [1.165, 1.54) is 41.1 Å². The van der Waals surface area contributed by atoms with E-state index < -0.39 is 0 Å². The summed E-state index contributed by atoms with van der Waals surface area (Å²) in [7, 11) is 0. The zero-order valence-electron chi connectivity index (χ0n) is 18.5. The highest BCUT2D eigenvalue weighted by atomic mass is 35.5. The van der Waals surface area contributed by atoms with Crippen molar-refractivity contribution in [1.29, 1.82) is 0 Å². The van der Waals surface area contributed by atoms with Crippen molar-refractivity contribution < 1.29 is 0 Å². The van der Waals surface area contributed by atoms with Crippen molar-refractivity contribution in [2.45, 2.75) is 60.0 Å². The summed E-state index contributed by atoms with van der Waals surface area (Å²) in [4.78, 5) is 7.41. The molecule has 0 aliphatic carbocycles. The number of halogens is 1. The topological polar surface area (TPSA) is 33.1 Å². The standard InChI is InChI=1S/C24H36N4.ClH/c1-5-8-16-28-23-13-10-9-12-21(23)22-17-20(26-19(4)24(22)28)18-25-14-11-15-27(6-2)7-3;/h9-10,12-13,17,25H,5-8,11,14-16,18H2,1-4H3;1H. The van der Waals surface area contributed by atoms with E-state index in [-0.39, 0.29) is 12.4 Å². The van der Waals surface area contributed by atoms with Gasteiger partial charge in [0, 0.05) is 29.4 Å². The fourth-order valence-electron chi connectivity index (χ4n) is 4.16. The summed E-state index contributed by atoms with van der Waals surface area (Å²) >= 11 is 0. The van der Waals surface area contributed by atoms with E-state index in [1.807, 2.05) is 0 Å². The summed E-state index contributed by atoms with van der Waals surface area (Å²) < 4.78 is 2.47. The molecule has 0 saturated heterocycles. The molecule has 2 heterocycles. The van der Waals surface area contributed by atoms with E-state index in [0.717, 1.165) is 50.7 Å². The Morgan fingerprint density at radius 2 is 1.79 bits per heavy atom. The average molecular weight is 417 g/mol. The minimum atomic E-state index is 0. The molecule has 2 aromatic heterocycles. The van der Waals surface area contributed by atoms with Crippen LogP contribution in [0.3, 0.4) is 0 Å². The fourth-order valence-corrected chi connectivity index (χ4v) is 4.16. The first-order valence-corrected chi connectivity index (χ1v) is 11.0.